The van der Waals surface area contributed by atoms with Crippen LogP contribution in [0.5, 0.6) is 0 Å². The van der Waals surface area contributed by atoms with Gasteiger partial charge in [0.15, 0.2) is 5.76 Å². The van der Waals surface area contributed by atoms with Gasteiger partial charge in [0.05, 0.1) is 17.7 Å². The molecule has 0 saturated carbocycles. The van der Waals surface area contributed by atoms with E-state index >= 15 is 0 Å². The highest BCUT2D eigenvalue weighted by Gasteiger charge is 2.22. The highest BCUT2D eigenvalue weighted by molar-refractivity contribution is 5.73. The van der Waals surface area contributed by atoms with E-state index in [-0.39, 0.29) is 28.1 Å². The van der Waals surface area contributed by atoms with Crippen LogP contribution < -0.4 is 0 Å². The van der Waals surface area contributed by atoms with Crippen LogP contribution in [0.2, 0.25) is 0 Å². The summed E-state index contributed by atoms with van der Waals surface area (Å²) in [7, 11) is 0. The van der Waals surface area contributed by atoms with Gasteiger partial charge in [0.1, 0.15) is 23.1 Å². The van der Waals surface area contributed by atoms with Crippen molar-refractivity contribution in [2.24, 2.45) is 0 Å². The summed E-state index contributed by atoms with van der Waals surface area (Å²) >= 11 is 0. The second-order valence-corrected chi connectivity index (χ2v) is 4.60. The molecule has 1 aromatic heterocycles. The van der Waals surface area contributed by atoms with Gasteiger partial charge in [-0.25, -0.2) is 13.2 Å². The van der Waals surface area contributed by atoms with Crippen molar-refractivity contribution < 1.29 is 22.8 Å². The highest BCUT2D eigenvalue weighted by atomic mass is 19.1. The van der Waals surface area contributed by atoms with Crippen molar-refractivity contribution in [2.75, 3.05) is 0 Å². The van der Waals surface area contributed by atoms with Crippen LogP contribution in [0.1, 0.15) is 5.56 Å². The molecule has 0 aliphatic heterocycles. The number of aromatic nitrogens is 1. The predicted molar refractivity (Wildman–Crippen MR) is 73.2 cm³/mol. The lowest BCUT2D eigenvalue weighted by atomic mass is 10.0. The van der Waals surface area contributed by atoms with E-state index in [0.717, 1.165) is 18.2 Å². The number of nitrogens with zero attached hydrogens (tertiary/aromatic N) is 1. The molecule has 0 radical (unpaired) electrons. The zero-order valence-electron chi connectivity index (χ0n) is 11.2. The molecule has 22 heavy (non-hydrogen) atoms. The third kappa shape index (κ3) is 2.37. The topological polar surface area (TPSA) is 46.3 Å². The van der Waals surface area contributed by atoms with Crippen LogP contribution in [0.15, 0.2) is 47.0 Å². The maximum atomic E-state index is 13.9. The Balaban J connectivity index is 2.20. The summed E-state index contributed by atoms with van der Waals surface area (Å²) in [6.07, 6.45) is 0. The van der Waals surface area contributed by atoms with Gasteiger partial charge in [-0.1, -0.05) is 17.3 Å². The van der Waals surface area contributed by atoms with E-state index in [4.69, 9.17) is 4.52 Å². The Labute approximate surface area is 123 Å². The average molecular weight is 305 g/mol. The Kier molecular flexibility index (Phi) is 3.68. The van der Waals surface area contributed by atoms with Gasteiger partial charge >= 0.3 is 0 Å². The van der Waals surface area contributed by atoms with E-state index in [0.29, 0.717) is 0 Å². The van der Waals surface area contributed by atoms with Gasteiger partial charge in [-0.2, -0.15) is 0 Å². The van der Waals surface area contributed by atoms with Crippen LogP contribution in [0.4, 0.5) is 13.2 Å². The Morgan fingerprint density at radius 3 is 2.41 bits per heavy atom. The smallest absolute Gasteiger partial charge is 0.176 e. The van der Waals surface area contributed by atoms with Crippen molar-refractivity contribution in [3.05, 3.63) is 65.5 Å². The van der Waals surface area contributed by atoms with Crippen LogP contribution in [-0.4, -0.2) is 10.3 Å². The van der Waals surface area contributed by atoms with E-state index in [1.54, 1.807) is 6.07 Å². The third-order valence-corrected chi connectivity index (χ3v) is 3.25. The van der Waals surface area contributed by atoms with Crippen LogP contribution >= 0.6 is 0 Å². The van der Waals surface area contributed by atoms with E-state index in [9.17, 15) is 18.3 Å². The molecule has 3 nitrogen and oxygen atoms in total. The molecule has 3 aromatic rings. The SMILES string of the molecule is OCc1c(-c2ccccc2F)noc1-c1cc(F)ccc1F. The zero-order chi connectivity index (χ0) is 15.7. The van der Waals surface area contributed by atoms with Gasteiger partial charge in [-0.15, -0.1) is 0 Å². The van der Waals surface area contributed by atoms with Crippen molar-refractivity contribution in [1.82, 2.24) is 5.16 Å². The van der Waals surface area contributed by atoms with Gasteiger partial charge in [-0.05, 0) is 30.3 Å². The predicted octanol–water partition coefficient (Wildman–Crippen LogP) is 3.92. The van der Waals surface area contributed by atoms with Crippen molar-refractivity contribution in [1.29, 1.82) is 0 Å². The molecule has 0 bridgehead atoms. The zero-order valence-corrected chi connectivity index (χ0v) is 11.2. The Morgan fingerprint density at radius 2 is 1.68 bits per heavy atom. The number of halogens is 3. The molecular weight excluding hydrogens is 295 g/mol. The monoisotopic (exact) mass is 305 g/mol. The van der Waals surface area contributed by atoms with E-state index in [2.05, 4.69) is 5.16 Å². The molecule has 1 heterocycles. The standard InChI is InChI=1S/C16H10F3NO2/c17-9-5-6-14(19)11(7-9)16-12(8-21)15(20-22-16)10-3-1-2-4-13(10)18/h1-7,21H,8H2. The van der Waals surface area contributed by atoms with Gasteiger partial charge in [0.2, 0.25) is 0 Å². The lowest BCUT2D eigenvalue weighted by Crippen LogP contribution is -1.93. The molecule has 0 atom stereocenters. The minimum atomic E-state index is -0.729. The fourth-order valence-electron chi connectivity index (χ4n) is 2.20. The van der Waals surface area contributed by atoms with Crippen molar-refractivity contribution in [3.8, 4) is 22.6 Å². The lowest BCUT2D eigenvalue weighted by molar-refractivity contribution is 0.281. The van der Waals surface area contributed by atoms with Crippen LogP contribution in [-0.2, 0) is 6.61 Å². The molecule has 112 valence electrons. The molecule has 0 spiro atoms. The fraction of sp³-hybridized carbons (Fsp3) is 0.0625. The molecule has 0 saturated heterocycles. The molecule has 0 aliphatic rings. The highest BCUT2D eigenvalue weighted by Crippen LogP contribution is 2.34. The molecule has 0 amide bonds. The van der Waals surface area contributed by atoms with Gasteiger partial charge in [0.25, 0.3) is 0 Å². The van der Waals surface area contributed by atoms with Crippen LogP contribution in [0, 0.1) is 17.5 Å². The molecule has 1 N–H and O–H groups in total. The molecule has 6 heteroatoms. The summed E-state index contributed by atoms with van der Waals surface area (Å²) in [5, 5.41) is 13.2. The fourth-order valence-corrected chi connectivity index (χ4v) is 2.20. The summed E-state index contributed by atoms with van der Waals surface area (Å²) in [6.45, 7) is -0.557. The van der Waals surface area contributed by atoms with Gasteiger partial charge < -0.3 is 9.63 Å². The third-order valence-electron chi connectivity index (χ3n) is 3.25. The molecule has 0 fully saturated rings. The van der Waals surface area contributed by atoms with Crippen molar-refractivity contribution in [2.45, 2.75) is 6.61 Å². The summed E-state index contributed by atoms with van der Waals surface area (Å²) in [5.74, 6) is -2.08. The summed E-state index contributed by atoms with van der Waals surface area (Å²) in [5.41, 5.74) is 0.0753. The maximum Gasteiger partial charge on any atom is 0.176 e. The molecule has 2 aromatic carbocycles. The second kappa shape index (κ2) is 5.65. The number of aliphatic hydroxyl groups is 1. The minimum absolute atomic E-state index is 0.0549. The molecule has 0 unspecified atom stereocenters. The summed E-state index contributed by atoms with van der Waals surface area (Å²) in [4.78, 5) is 0. The Bertz CT molecular complexity index is 830. The number of benzene rings is 2. The Hall–Kier alpha value is -2.60. The first kappa shape index (κ1) is 14.3. The van der Waals surface area contributed by atoms with Crippen molar-refractivity contribution >= 4 is 0 Å². The van der Waals surface area contributed by atoms with E-state index < -0.39 is 24.1 Å². The summed E-state index contributed by atoms with van der Waals surface area (Å²) in [6, 6.07) is 8.62. The molecular formula is C16H10F3NO2. The average Bonchev–Trinajstić information content (AvgIpc) is 2.93. The van der Waals surface area contributed by atoms with E-state index in [1.165, 1.54) is 18.2 Å². The minimum Gasteiger partial charge on any atom is -0.391 e. The van der Waals surface area contributed by atoms with Crippen LogP contribution in [0.25, 0.3) is 22.6 Å². The first-order valence-electron chi connectivity index (χ1n) is 6.41. The number of rotatable bonds is 3. The van der Waals surface area contributed by atoms with Crippen molar-refractivity contribution in [3.63, 3.8) is 0 Å². The molecule has 3 rings (SSSR count). The second-order valence-electron chi connectivity index (χ2n) is 4.60. The van der Waals surface area contributed by atoms with Gasteiger partial charge in [-0.3, -0.25) is 0 Å². The van der Waals surface area contributed by atoms with Gasteiger partial charge in [0, 0.05) is 5.56 Å². The number of aliphatic hydroxyl groups excluding tert-OH is 1. The first-order chi connectivity index (χ1) is 10.6. The van der Waals surface area contributed by atoms with Crippen LogP contribution in [0.3, 0.4) is 0 Å². The quantitative estimate of drug-likeness (QED) is 0.798. The number of hydrogen-bond acceptors (Lipinski definition) is 3. The lowest BCUT2D eigenvalue weighted by Gasteiger charge is -2.03. The normalized spacial score (nSPS) is 10.9. The summed E-state index contributed by atoms with van der Waals surface area (Å²) < 4.78 is 46.0. The maximum absolute atomic E-state index is 13.9. The first-order valence-corrected chi connectivity index (χ1v) is 6.41. The Morgan fingerprint density at radius 1 is 0.955 bits per heavy atom. The molecule has 0 aliphatic carbocycles. The largest absolute Gasteiger partial charge is 0.391 e. The number of hydrogen-bond donors (Lipinski definition) is 1. The van der Waals surface area contributed by atoms with E-state index in [1.807, 2.05) is 0 Å².